The summed E-state index contributed by atoms with van der Waals surface area (Å²) in [4.78, 5) is 22.4. The minimum Gasteiger partial charge on any atom is -0.466 e. The van der Waals surface area contributed by atoms with Crippen LogP contribution in [0.3, 0.4) is 0 Å². The summed E-state index contributed by atoms with van der Waals surface area (Å²) in [6, 6.07) is 7.92. The molecule has 0 bridgehead atoms. The first kappa shape index (κ1) is 13.7. The molecule has 20 heavy (non-hydrogen) atoms. The topological polar surface area (TPSA) is 73.3 Å². The zero-order valence-corrected chi connectivity index (χ0v) is 11.1. The highest BCUT2D eigenvalue weighted by atomic mass is 16.6. The summed E-state index contributed by atoms with van der Waals surface area (Å²) in [6.07, 6.45) is 2.77. The van der Waals surface area contributed by atoms with Gasteiger partial charge in [0.25, 0.3) is 5.69 Å². The number of ketones is 1. The molecule has 1 aromatic heterocycles. The number of carbonyl (C=O) groups excluding carboxylic acids is 1. The van der Waals surface area contributed by atoms with Crippen LogP contribution in [0, 0.1) is 24.0 Å². The fraction of sp³-hybridized carbons (Fsp3) is 0.133. The number of furan rings is 1. The molecule has 0 aliphatic carbocycles. The van der Waals surface area contributed by atoms with Gasteiger partial charge in [-0.3, -0.25) is 14.9 Å². The van der Waals surface area contributed by atoms with Gasteiger partial charge in [-0.1, -0.05) is 12.1 Å². The molecule has 0 radical (unpaired) electrons. The van der Waals surface area contributed by atoms with Crippen LogP contribution in [0.5, 0.6) is 0 Å². The molecule has 1 heterocycles. The van der Waals surface area contributed by atoms with E-state index in [1.54, 1.807) is 38.1 Å². The van der Waals surface area contributed by atoms with Crippen LogP contribution in [0.4, 0.5) is 5.69 Å². The van der Waals surface area contributed by atoms with E-state index in [9.17, 15) is 14.9 Å². The largest absolute Gasteiger partial charge is 0.466 e. The van der Waals surface area contributed by atoms with Crippen molar-refractivity contribution in [2.75, 3.05) is 0 Å². The molecule has 0 atom stereocenters. The summed E-state index contributed by atoms with van der Waals surface area (Å²) in [7, 11) is 0. The number of nitrogens with zero attached hydrogens (tertiary/aromatic N) is 1. The number of aryl methyl sites for hydroxylation is 2. The number of hydrogen-bond acceptors (Lipinski definition) is 4. The van der Waals surface area contributed by atoms with E-state index >= 15 is 0 Å². The lowest BCUT2D eigenvalue weighted by atomic mass is 10.1. The van der Waals surface area contributed by atoms with Gasteiger partial charge >= 0.3 is 0 Å². The molecule has 1 aromatic carbocycles. The summed E-state index contributed by atoms with van der Waals surface area (Å²) in [6.45, 7) is 3.47. The van der Waals surface area contributed by atoms with Gasteiger partial charge in [0.15, 0.2) is 5.78 Å². The number of nitro benzene ring substituents is 1. The van der Waals surface area contributed by atoms with Crippen LogP contribution < -0.4 is 0 Å². The van der Waals surface area contributed by atoms with Crippen molar-refractivity contribution in [3.63, 3.8) is 0 Å². The van der Waals surface area contributed by atoms with E-state index < -0.39 is 4.92 Å². The smallest absolute Gasteiger partial charge is 0.276 e. The Kier molecular flexibility index (Phi) is 3.79. The number of hydrogen-bond donors (Lipinski definition) is 0. The summed E-state index contributed by atoms with van der Waals surface area (Å²) in [5.41, 5.74) is 0.831. The predicted molar refractivity (Wildman–Crippen MR) is 74.6 cm³/mol. The van der Waals surface area contributed by atoms with Gasteiger partial charge in [0.2, 0.25) is 0 Å². The summed E-state index contributed by atoms with van der Waals surface area (Å²) in [5.74, 6) is 0.960. The van der Waals surface area contributed by atoms with E-state index in [0.29, 0.717) is 22.6 Å². The Morgan fingerprint density at radius 1 is 1.30 bits per heavy atom. The van der Waals surface area contributed by atoms with Crippen molar-refractivity contribution >= 4 is 17.5 Å². The van der Waals surface area contributed by atoms with Crippen LogP contribution in [0.2, 0.25) is 0 Å². The van der Waals surface area contributed by atoms with Crippen molar-refractivity contribution in [2.24, 2.45) is 0 Å². The number of allylic oxidation sites excluding steroid dienone is 1. The minimum atomic E-state index is -0.475. The maximum atomic E-state index is 12.0. The number of carbonyl (C=O) groups is 1. The fourth-order valence-electron chi connectivity index (χ4n) is 1.93. The van der Waals surface area contributed by atoms with Gasteiger partial charge in [0, 0.05) is 6.07 Å². The van der Waals surface area contributed by atoms with Gasteiger partial charge < -0.3 is 4.42 Å². The monoisotopic (exact) mass is 271 g/mol. The highest BCUT2D eigenvalue weighted by Crippen LogP contribution is 2.20. The van der Waals surface area contributed by atoms with Crippen LogP contribution in [0.1, 0.15) is 27.4 Å². The van der Waals surface area contributed by atoms with E-state index in [1.807, 2.05) is 0 Å². The van der Waals surface area contributed by atoms with Crippen molar-refractivity contribution < 1.29 is 14.1 Å². The van der Waals surface area contributed by atoms with Crippen LogP contribution in [-0.2, 0) is 0 Å². The first-order valence-corrected chi connectivity index (χ1v) is 6.02. The zero-order valence-electron chi connectivity index (χ0n) is 11.1. The Labute approximate surface area is 115 Å². The first-order chi connectivity index (χ1) is 9.49. The highest BCUT2D eigenvalue weighted by molar-refractivity contribution is 6.07. The maximum Gasteiger partial charge on any atom is 0.276 e. The molecular formula is C15H13NO4. The normalized spacial score (nSPS) is 10.9. The lowest BCUT2D eigenvalue weighted by molar-refractivity contribution is -0.385. The molecule has 0 fully saturated rings. The van der Waals surface area contributed by atoms with Crippen molar-refractivity contribution in [3.8, 4) is 0 Å². The Hall–Kier alpha value is -2.69. The molecule has 5 heteroatoms. The third kappa shape index (κ3) is 2.83. The molecule has 0 saturated heterocycles. The Balaban J connectivity index is 2.28. The van der Waals surface area contributed by atoms with E-state index in [0.717, 1.165) is 0 Å². The van der Waals surface area contributed by atoms with Crippen molar-refractivity contribution in [1.82, 2.24) is 0 Å². The molecule has 0 spiro atoms. The van der Waals surface area contributed by atoms with Crippen LogP contribution >= 0.6 is 0 Å². The lowest BCUT2D eigenvalue weighted by Crippen LogP contribution is -1.95. The second kappa shape index (κ2) is 5.52. The molecule has 0 saturated carbocycles. The average Bonchev–Trinajstić information content (AvgIpc) is 2.75. The molecule has 5 nitrogen and oxygen atoms in total. The van der Waals surface area contributed by atoms with E-state index in [2.05, 4.69) is 0 Å². The Bertz CT molecular complexity index is 698. The first-order valence-electron chi connectivity index (χ1n) is 6.02. The molecule has 0 aliphatic heterocycles. The fourth-order valence-corrected chi connectivity index (χ4v) is 1.93. The number of rotatable bonds is 4. The maximum absolute atomic E-state index is 12.0. The van der Waals surface area contributed by atoms with E-state index in [4.69, 9.17) is 4.42 Å². The molecule has 0 amide bonds. The molecule has 0 unspecified atom stereocenters. The van der Waals surface area contributed by atoms with Gasteiger partial charge in [-0.2, -0.15) is 0 Å². The summed E-state index contributed by atoms with van der Waals surface area (Å²) in [5, 5.41) is 10.9. The van der Waals surface area contributed by atoms with Crippen LogP contribution in [0.15, 0.2) is 40.8 Å². The van der Waals surface area contributed by atoms with Gasteiger partial charge in [-0.25, -0.2) is 0 Å². The average molecular weight is 271 g/mol. The van der Waals surface area contributed by atoms with E-state index in [1.165, 1.54) is 18.2 Å². The quantitative estimate of drug-likeness (QED) is 0.368. The molecular weight excluding hydrogens is 258 g/mol. The second-order valence-corrected chi connectivity index (χ2v) is 4.34. The van der Waals surface area contributed by atoms with Gasteiger partial charge in [0.05, 0.1) is 16.1 Å². The standard InChI is InChI=1S/C15H13NO4/c1-10-9-13(11(2)20-10)15(17)8-7-12-5-3-4-6-14(12)16(18)19/h3-9H,1-2H3/b8-7+. The molecule has 0 N–H and O–H groups in total. The van der Waals surface area contributed by atoms with Crippen molar-refractivity contribution in [1.29, 1.82) is 0 Å². The third-order valence-corrected chi connectivity index (χ3v) is 2.85. The number of benzene rings is 1. The van der Waals surface area contributed by atoms with Crippen molar-refractivity contribution in [2.45, 2.75) is 13.8 Å². The van der Waals surface area contributed by atoms with Gasteiger partial charge in [-0.15, -0.1) is 0 Å². The number of para-hydroxylation sites is 1. The SMILES string of the molecule is Cc1cc(C(=O)/C=C/c2ccccc2[N+](=O)[O-])c(C)o1. The third-order valence-electron chi connectivity index (χ3n) is 2.85. The summed E-state index contributed by atoms with van der Waals surface area (Å²) >= 11 is 0. The Morgan fingerprint density at radius 3 is 2.60 bits per heavy atom. The second-order valence-electron chi connectivity index (χ2n) is 4.34. The molecule has 2 aromatic rings. The van der Waals surface area contributed by atoms with Gasteiger partial charge in [0.1, 0.15) is 11.5 Å². The van der Waals surface area contributed by atoms with Crippen molar-refractivity contribution in [3.05, 3.63) is 69.2 Å². The van der Waals surface area contributed by atoms with Crippen LogP contribution in [0.25, 0.3) is 6.08 Å². The highest BCUT2D eigenvalue weighted by Gasteiger charge is 2.13. The molecule has 0 aliphatic rings. The lowest BCUT2D eigenvalue weighted by Gasteiger charge is -1.96. The Morgan fingerprint density at radius 2 is 2.00 bits per heavy atom. The van der Waals surface area contributed by atoms with Crippen LogP contribution in [-0.4, -0.2) is 10.7 Å². The molecule has 2 rings (SSSR count). The van der Waals surface area contributed by atoms with Gasteiger partial charge in [-0.05, 0) is 38.1 Å². The van der Waals surface area contributed by atoms with E-state index in [-0.39, 0.29) is 11.5 Å². The predicted octanol–water partition coefficient (Wildman–Crippen LogP) is 3.70. The zero-order chi connectivity index (χ0) is 14.7. The minimum absolute atomic E-state index is 0.0309. The molecule has 102 valence electrons. The summed E-state index contributed by atoms with van der Waals surface area (Å²) < 4.78 is 5.29. The number of nitro groups is 1.